The number of piperidine rings is 1. The van der Waals surface area contributed by atoms with E-state index in [1.807, 2.05) is 18.7 Å². The van der Waals surface area contributed by atoms with Gasteiger partial charge in [0.05, 0.1) is 11.4 Å². The first-order chi connectivity index (χ1) is 14.2. The van der Waals surface area contributed by atoms with Crippen LogP contribution in [-0.2, 0) is 19.6 Å². The minimum absolute atomic E-state index is 0.0119. The number of nitrogens with one attached hydrogen (secondary N) is 2. The quantitative estimate of drug-likeness (QED) is 0.683. The highest BCUT2D eigenvalue weighted by atomic mass is 32.2. The zero-order chi connectivity index (χ0) is 21.9. The molecule has 3 amide bonds. The summed E-state index contributed by atoms with van der Waals surface area (Å²) >= 11 is 0. The van der Waals surface area contributed by atoms with Crippen LogP contribution < -0.4 is 10.6 Å². The van der Waals surface area contributed by atoms with Gasteiger partial charge in [-0.3, -0.25) is 14.4 Å². The Bertz CT molecular complexity index is 923. The van der Waals surface area contributed by atoms with Crippen molar-refractivity contribution in [2.24, 2.45) is 5.92 Å². The maximum atomic E-state index is 12.8. The van der Waals surface area contributed by atoms with Gasteiger partial charge in [-0.2, -0.15) is 4.31 Å². The molecule has 9 nitrogen and oxygen atoms in total. The van der Waals surface area contributed by atoms with Gasteiger partial charge in [0, 0.05) is 43.7 Å². The van der Waals surface area contributed by atoms with Crippen molar-refractivity contribution >= 4 is 27.7 Å². The van der Waals surface area contributed by atoms with Crippen LogP contribution in [0, 0.1) is 5.92 Å². The lowest BCUT2D eigenvalue weighted by Gasteiger charge is -2.33. The predicted molar refractivity (Wildman–Crippen MR) is 110 cm³/mol. The van der Waals surface area contributed by atoms with E-state index in [2.05, 4.69) is 10.6 Å². The molecule has 2 N–H and O–H groups in total. The maximum Gasteiger partial charge on any atom is 0.251 e. The van der Waals surface area contributed by atoms with Crippen LogP contribution in [0.25, 0.3) is 0 Å². The van der Waals surface area contributed by atoms with Crippen molar-refractivity contribution < 1.29 is 22.8 Å². The van der Waals surface area contributed by atoms with Crippen molar-refractivity contribution in [3.63, 3.8) is 0 Å². The fraction of sp³-hybridized carbons (Fsp3) is 0.550. The molecule has 1 aromatic rings. The summed E-state index contributed by atoms with van der Waals surface area (Å²) in [6.45, 7) is 5.14. The second-order valence-electron chi connectivity index (χ2n) is 7.94. The predicted octanol–water partition coefficient (Wildman–Crippen LogP) is 0.184. The number of carbonyl (C=O) groups is 3. The molecule has 0 bridgehead atoms. The standard InChI is InChI=1S/C20H28N4O5S/c1-14(2)20(27)23-9-6-16(7-10-23)22-19(26)15-4-3-5-17(12-15)30(28,29)24-11-8-21-18(25)13-24/h3-5,12,14,16H,6-11,13H2,1-2H3,(H,21,25)(H,22,26). The van der Waals surface area contributed by atoms with Crippen LogP contribution in [0.5, 0.6) is 0 Å². The first-order valence-electron chi connectivity index (χ1n) is 10.1. The molecule has 0 unspecified atom stereocenters. The van der Waals surface area contributed by atoms with Crippen LogP contribution in [0.15, 0.2) is 29.2 Å². The van der Waals surface area contributed by atoms with Gasteiger partial charge in [0.15, 0.2) is 0 Å². The Hall–Kier alpha value is -2.46. The average molecular weight is 437 g/mol. The summed E-state index contributed by atoms with van der Waals surface area (Å²) < 4.78 is 26.8. The number of nitrogens with zero attached hydrogens (tertiary/aromatic N) is 2. The Morgan fingerprint density at radius 2 is 1.87 bits per heavy atom. The summed E-state index contributed by atoms with van der Waals surface area (Å²) in [5.74, 6) is -0.631. The molecular formula is C20H28N4O5S. The van der Waals surface area contributed by atoms with E-state index in [0.717, 1.165) is 4.31 Å². The molecule has 0 spiro atoms. The molecule has 0 aliphatic carbocycles. The SMILES string of the molecule is CC(C)C(=O)N1CCC(NC(=O)c2cccc(S(=O)(=O)N3CCNC(=O)C3)c2)CC1. The van der Waals surface area contributed by atoms with Gasteiger partial charge in [-0.15, -0.1) is 0 Å². The van der Waals surface area contributed by atoms with Gasteiger partial charge in [-0.1, -0.05) is 19.9 Å². The van der Waals surface area contributed by atoms with Crippen LogP contribution in [0.1, 0.15) is 37.0 Å². The lowest BCUT2D eigenvalue weighted by atomic mass is 10.0. The largest absolute Gasteiger partial charge is 0.354 e. The molecule has 2 heterocycles. The normalized spacial score (nSPS) is 18.9. The summed E-state index contributed by atoms with van der Waals surface area (Å²) in [6, 6.07) is 5.79. The zero-order valence-corrected chi connectivity index (χ0v) is 18.1. The zero-order valence-electron chi connectivity index (χ0n) is 17.3. The van der Waals surface area contributed by atoms with Gasteiger partial charge in [-0.25, -0.2) is 8.42 Å². The van der Waals surface area contributed by atoms with E-state index in [4.69, 9.17) is 0 Å². The molecular weight excluding hydrogens is 408 g/mol. The molecule has 30 heavy (non-hydrogen) atoms. The maximum absolute atomic E-state index is 12.8. The number of sulfonamides is 1. The molecule has 2 fully saturated rings. The van der Waals surface area contributed by atoms with Crippen molar-refractivity contribution in [1.29, 1.82) is 0 Å². The first-order valence-corrected chi connectivity index (χ1v) is 11.6. The lowest BCUT2D eigenvalue weighted by Crippen LogP contribution is -2.49. The Kier molecular flexibility index (Phi) is 6.77. The topological polar surface area (TPSA) is 116 Å². The molecule has 2 aliphatic heterocycles. The number of piperazine rings is 1. The van der Waals surface area contributed by atoms with E-state index in [1.165, 1.54) is 18.2 Å². The Morgan fingerprint density at radius 3 is 2.50 bits per heavy atom. The van der Waals surface area contributed by atoms with Crippen molar-refractivity contribution in [1.82, 2.24) is 19.8 Å². The highest BCUT2D eigenvalue weighted by Crippen LogP contribution is 2.19. The molecule has 0 atom stereocenters. The number of hydrogen-bond donors (Lipinski definition) is 2. The second kappa shape index (κ2) is 9.13. The number of likely N-dealkylation sites (tertiary alicyclic amines) is 1. The van der Waals surface area contributed by atoms with Crippen LogP contribution in [0.4, 0.5) is 0 Å². The highest BCUT2D eigenvalue weighted by Gasteiger charge is 2.30. The van der Waals surface area contributed by atoms with Crippen molar-refractivity contribution in [2.75, 3.05) is 32.7 Å². The summed E-state index contributed by atoms with van der Waals surface area (Å²) in [5.41, 5.74) is 0.248. The molecule has 2 saturated heterocycles. The lowest BCUT2D eigenvalue weighted by molar-refractivity contribution is -0.135. The van der Waals surface area contributed by atoms with E-state index >= 15 is 0 Å². The molecule has 3 rings (SSSR count). The summed E-state index contributed by atoms with van der Waals surface area (Å²) in [5, 5.41) is 5.53. The molecule has 2 aliphatic rings. The summed E-state index contributed by atoms with van der Waals surface area (Å²) in [6.07, 6.45) is 1.32. The number of carbonyl (C=O) groups excluding carboxylic acids is 3. The van der Waals surface area contributed by atoms with Crippen molar-refractivity contribution in [2.45, 2.75) is 37.6 Å². The van der Waals surface area contributed by atoms with Gasteiger partial charge in [0.25, 0.3) is 5.91 Å². The van der Waals surface area contributed by atoms with E-state index in [-0.39, 0.29) is 59.8 Å². The van der Waals surface area contributed by atoms with Gasteiger partial charge in [0.2, 0.25) is 21.8 Å². The third kappa shape index (κ3) is 4.99. The second-order valence-corrected chi connectivity index (χ2v) is 9.88. The van der Waals surface area contributed by atoms with E-state index in [1.54, 1.807) is 6.07 Å². The van der Waals surface area contributed by atoms with Crippen LogP contribution in [-0.4, -0.2) is 74.1 Å². The smallest absolute Gasteiger partial charge is 0.251 e. The molecule has 164 valence electrons. The van der Waals surface area contributed by atoms with Gasteiger partial charge in [0.1, 0.15) is 0 Å². The van der Waals surface area contributed by atoms with Crippen LogP contribution in [0.3, 0.4) is 0 Å². The van der Waals surface area contributed by atoms with E-state index in [0.29, 0.717) is 25.9 Å². The van der Waals surface area contributed by atoms with Crippen molar-refractivity contribution in [3.8, 4) is 0 Å². The fourth-order valence-electron chi connectivity index (χ4n) is 3.65. The molecule has 0 aromatic heterocycles. The minimum Gasteiger partial charge on any atom is -0.354 e. The van der Waals surface area contributed by atoms with Gasteiger partial charge in [-0.05, 0) is 31.0 Å². The summed E-state index contributed by atoms with van der Waals surface area (Å²) in [7, 11) is -3.86. The number of amides is 3. The Balaban J connectivity index is 1.64. The van der Waals surface area contributed by atoms with Crippen LogP contribution >= 0.6 is 0 Å². The molecule has 1 aromatic carbocycles. The number of rotatable bonds is 5. The number of hydrogen-bond acceptors (Lipinski definition) is 5. The number of benzene rings is 1. The monoisotopic (exact) mass is 436 g/mol. The average Bonchev–Trinajstić information content (AvgIpc) is 2.73. The fourth-order valence-corrected chi connectivity index (χ4v) is 5.09. The third-order valence-corrected chi connectivity index (χ3v) is 7.21. The Labute approximate surface area is 176 Å². The van der Waals surface area contributed by atoms with Crippen molar-refractivity contribution in [3.05, 3.63) is 29.8 Å². The third-order valence-electron chi connectivity index (χ3n) is 5.37. The molecule has 10 heteroatoms. The summed E-state index contributed by atoms with van der Waals surface area (Å²) in [4.78, 5) is 38.1. The Morgan fingerprint density at radius 1 is 1.17 bits per heavy atom. The van der Waals surface area contributed by atoms with Crippen LogP contribution in [0.2, 0.25) is 0 Å². The van der Waals surface area contributed by atoms with E-state index in [9.17, 15) is 22.8 Å². The van der Waals surface area contributed by atoms with E-state index < -0.39 is 10.0 Å². The first kappa shape index (κ1) is 22.2. The highest BCUT2D eigenvalue weighted by molar-refractivity contribution is 7.89. The van der Waals surface area contributed by atoms with Gasteiger partial charge < -0.3 is 15.5 Å². The molecule has 0 radical (unpaired) electrons. The molecule has 0 saturated carbocycles. The van der Waals surface area contributed by atoms with Gasteiger partial charge >= 0.3 is 0 Å². The minimum atomic E-state index is -3.86.